The minimum Gasteiger partial charge on any atom is -0.489 e. The highest BCUT2D eigenvalue weighted by Gasteiger charge is 2.50. The van der Waals surface area contributed by atoms with Crippen molar-refractivity contribution in [3.63, 3.8) is 0 Å². The summed E-state index contributed by atoms with van der Waals surface area (Å²) in [6.45, 7) is 4.66. The molecule has 3 N–H and O–H groups in total. The summed E-state index contributed by atoms with van der Waals surface area (Å²) in [6, 6.07) is 11.6. The number of carbonyl (C=O) groups excluding carboxylic acids is 3. The molecule has 3 rings (SSSR count). The standard InChI is InChI=1S/C25H28F3N3O6/c1-16-11-17(2)13-18(12-16)15-36-20-5-3-19(4-6-20)22(33)31(37-23(34)25(26,27)28)24(14-21(32)30-35)7-9-29-10-8-24/h3-6,11-13,29,35H,7-10,14-15H2,1-2H3,(H,30,32). The van der Waals surface area contributed by atoms with Gasteiger partial charge < -0.3 is 14.9 Å². The van der Waals surface area contributed by atoms with Gasteiger partial charge in [0.05, 0.1) is 12.0 Å². The Morgan fingerprint density at radius 3 is 2.19 bits per heavy atom. The second-order valence-corrected chi connectivity index (χ2v) is 8.97. The van der Waals surface area contributed by atoms with Crippen LogP contribution in [0.4, 0.5) is 13.2 Å². The minimum absolute atomic E-state index is 0.00555. The average Bonchev–Trinajstić information content (AvgIpc) is 2.85. The summed E-state index contributed by atoms with van der Waals surface area (Å²) in [5.74, 6) is -4.19. The van der Waals surface area contributed by atoms with Crippen LogP contribution >= 0.6 is 0 Å². The zero-order valence-corrected chi connectivity index (χ0v) is 20.4. The second kappa shape index (κ2) is 11.6. The lowest BCUT2D eigenvalue weighted by Gasteiger charge is -2.43. The van der Waals surface area contributed by atoms with Gasteiger partial charge in [-0.05, 0) is 69.6 Å². The van der Waals surface area contributed by atoms with E-state index in [2.05, 4.69) is 10.2 Å². The monoisotopic (exact) mass is 523 g/mol. The van der Waals surface area contributed by atoms with Crippen molar-refractivity contribution in [2.75, 3.05) is 13.1 Å². The molecule has 0 aliphatic carbocycles. The maximum absolute atomic E-state index is 13.4. The molecule has 0 aromatic heterocycles. The fourth-order valence-corrected chi connectivity index (χ4v) is 4.30. The first-order valence-corrected chi connectivity index (χ1v) is 11.5. The van der Waals surface area contributed by atoms with Crippen LogP contribution in [-0.4, -0.2) is 52.9 Å². The van der Waals surface area contributed by atoms with E-state index in [9.17, 15) is 27.6 Å². The van der Waals surface area contributed by atoms with Crippen molar-refractivity contribution < 1.29 is 42.3 Å². The Morgan fingerprint density at radius 2 is 1.65 bits per heavy atom. The largest absolute Gasteiger partial charge is 0.493 e. The van der Waals surface area contributed by atoms with Crippen LogP contribution < -0.4 is 15.5 Å². The smallest absolute Gasteiger partial charge is 0.489 e. The SMILES string of the molecule is Cc1cc(C)cc(COc2ccc(C(=O)N(OC(=O)C(F)(F)F)C3(CC(=O)NO)CCNCC3)cc2)c1. The number of hydroxylamine groups is 3. The van der Waals surface area contributed by atoms with Crippen LogP contribution in [0.15, 0.2) is 42.5 Å². The number of piperidine rings is 1. The molecule has 2 aromatic rings. The van der Waals surface area contributed by atoms with E-state index in [1.807, 2.05) is 32.0 Å². The Balaban J connectivity index is 1.85. The number of benzene rings is 2. The normalized spacial score (nSPS) is 15.0. The first-order chi connectivity index (χ1) is 17.4. The molecule has 0 atom stereocenters. The van der Waals surface area contributed by atoms with E-state index in [4.69, 9.17) is 9.94 Å². The lowest BCUT2D eigenvalue weighted by Crippen LogP contribution is -2.59. The maximum Gasteiger partial charge on any atom is 0.493 e. The molecule has 0 saturated carbocycles. The third-order valence-corrected chi connectivity index (χ3v) is 5.96. The van der Waals surface area contributed by atoms with Gasteiger partial charge >= 0.3 is 12.1 Å². The highest BCUT2D eigenvalue weighted by molar-refractivity contribution is 5.95. The number of ether oxygens (including phenoxy) is 1. The number of hydrogen-bond acceptors (Lipinski definition) is 7. The van der Waals surface area contributed by atoms with Crippen LogP contribution in [0.2, 0.25) is 0 Å². The molecule has 0 spiro atoms. The van der Waals surface area contributed by atoms with Gasteiger partial charge in [-0.25, -0.2) is 10.3 Å². The Kier molecular flexibility index (Phi) is 8.77. The van der Waals surface area contributed by atoms with Gasteiger partial charge in [-0.15, -0.1) is 0 Å². The summed E-state index contributed by atoms with van der Waals surface area (Å²) < 4.78 is 45.0. The highest BCUT2D eigenvalue weighted by atomic mass is 19.4. The number of halogens is 3. The van der Waals surface area contributed by atoms with Gasteiger partial charge in [-0.3, -0.25) is 14.8 Å². The Bertz CT molecular complexity index is 1110. The Hall–Kier alpha value is -3.64. The van der Waals surface area contributed by atoms with E-state index in [1.54, 1.807) is 0 Å². The van der Waals surface area contributed by atoms with Crippen LogP contribution in [0.5, 0.6) is 5.75 Å². The quantitative estimate of drug-likeness (QED) is 0.376. The Morgan fingerprint density at radius 1 is 1.05 bits per heavy atom. The second-order valence-electron chi connectivity index (χ2n) is 8.97. The van der Waals surface area contributed by atoms with Crippen LogP contribution in [0.25, 0.3) is 0 Å². The van der Waals surface area contributed by atoms with E-state index >= 15 is 0 Å². The molecule has 1 fully saturated rings. The fraction of sp³-hybridized carbons (Fsp3) is 0.400. The van der Waals surface area contributed by atoms with Gasteiger partial charge in [0.2, 0.25) is 5.91 Å². The topological polar surface area (TPSA) is 117 Å². The van der Waals surface area contributed by atoms with Crippen LogP contribution in [0.1, 0.15) is 46.3 Å². The van der Waals surface area contributed by atoms with E-state index < -0.39 is 35.9 Å². The molecule has 12 heteroatoms. The number of hydrogen-bond donors (Lipinski definition) is 3. The number of amides is 2. The first kappa shape index (κ1) is 27.9. The molecular formula is C25H28F3N3O6. The van der Waals surface area contributed by atoms with Crippen molar-refractivity contribution in [2.24, 2.45) is 0 Å². The summed E-state index contributed by atoms with van der Waals surface area (Å²) in [4.78, 5) is 41.7. The van der Waals surface area contributed by atoms with Crippen LogP contribution in [0, 0.1) is 13.8 Å². The van der Waals surface area contributed by atoms with Crippen molar-refractivity contribution in [1.82, 2.24) is 15.9 Å². The summed E-state index contributed by atoms with van der Waals surface area (Å²) >= 11 is 0. The van der Waals surface area contributed by atoms with Gasteiger partial charge in [-0.2, -0.15) is 18.2 Å². The molecule has 2 aromatic carbocycles. The highest BCUT2D eigenvalue weighted by Crippen LogP contribution is 2.34. The Labute approximate surface area is 211 Å². The summed E-state index contributed by atoms with van der Waals surface area (Å²) in [5, 5.41) is 12.3. The van der Waals surface area contributed by atoms with Crippen LogP contribution in [0.3, 0.4) is 0 Å². The van der Waals surface area contributed by atoms with E-state index in [0.29, 0.717) is 10.8 Å². The number of nitrogens with one attached hydrogen (secondary N) is 2. The molecule has 9 nitrogen and oxygen atoms in total. The number of nitrogens with zero attached hydrogens (tertiary/aromatic N) is 1. The summed E-state index contributed by atoms with van der Waals surface area (Å²) in [5.41, 5.74) is 2.82. The number of alkyl halides is 3. The molecule has 1 heterocycles. The van der Waals surface area contributed by atoms with E-state index in [1.165, 1.54) is 29.7 Å². The molecule has 1 saturated heterocycles. The van der Waals surface area contributed by atoms with Crippen molar-refractivity contribution in [3.05, 3.63) is 64.7 Å². The van der Waals surface area contributed by atoms with Crippen molar-refractivity contribution in [1.29, 1.82) is 0 Å². The maximum atomic E-state index is 13.4. The molecule has 200 valence electrons. The van der Waals surface area contributed by atoms with Gasteiger partial charge in [0, 0.05) is 5.56 Å². The zero-order valence-electron chi connectivity index (χ0n) is 20.4. The molecule has 2 amide bonds. The third kappa shape index (κ3) is 7.20. The molecule has 0 bridgehead atoms. The summed E-state index contributed by atoms with van der Waals surface area (Å²) in [7, 11) is 0. The number of rotatable bonds is 7. The average molecular weight is 524 g/mol. The molecule has 1 aliphatic rings. The van der Waals surface area contributed by atoms with Gasteiger partial charge in [0.15, 0.2) is 0 Å². The predicted octanol–water partition coefficient (Wildman–Crippen LogP) is 3.36. The molecule has 1 aliphatic heterocycles. The minimum atomic E-state index is -5.38. The zero-order chi connectivity index (χ0) is 27.2. The lowest BCUT2D eigenvalue weighted by molar-refractivity contribution is -0.246. The van der Waals surface area contributed by atoms with E-state index in [-0.39, 0.29) is 38.1 Å². The lowest BCUT2D eigenvalue weighted by atomic mass is 9.84. The number of aryl methyl sites for hydroxylation is 2. The molecule has 37 heavy (non-hydrogen) atoms. The molecule has 0 radical (unpaired) electrons. The predicted molar refractivity (Wildman–Crippen MR) is 124 cm³/mol. The van der Waals surface area contributed by atoms with Crippen molar-refractivity contribution >= 4 is 17.8 Å². The number of carbonyl (C=O) groups is 3. The van der Waals surface area contributed by atoms with Crippen LogP contribution in [-0.2, 0) is 21.0 Å². The summed E-state index contributed by atoms with van der Waals surface area (Å²) in [6.07, 6.45) is -5.97. The van der Waals surface area contributed by atoms with Gasteiger partial charge in [0.25, 0.3) is 5.91 Å². The van der Waals surface area contributed by atoms with Gasteiger partial charge in [0.1, 0.15) is 12.4 Å². The molecular weight excluding hydrogens is 495 g/mol. The molecule has 0 unspecified atom stereocenters. The third-order valence-electron chi connectivity index (χ3n) is 5.96. The van der Waals surface area contributed by atoms with Gasteiger partial charge in [-0.1, -0.05) is 29.3 Å². The first-order valence-electron chi connectivity index (χ1n) is 11.5. The fourth-order valence-electron chi connectivity index (χ4n) is 4.30. The van der Waals surface area contributed by atoms with Crippen molar-refractivity contribution in [2.45, 2.75) is 51.4 Å². The van der Waals surface area contributed by atoms with E-state index in [0.717, 1.165) is 16.7 Å². The van der Waals surface area contributed by atoms with Crippen molar-refractivity contribution in [3.8, 4) is 5.75 Å².